The van der Waals surface area contributed by atoms with E-state index in [2.05, 4.69) is 20.8 Å². The van der Waals surface area contributed by atoms with Gasteiger partial charge in [0, 0.05) is 17.9 Å². The van der Waals surface area contributed by atoms with Crippen LogP contribution in [-0.2, 0) is 14.3 Å². The molecule has 1 saturated carbocycles. The number of carbonyl (C=O) groups excluding carboxylic acids is 2. The largest absolute Gasteiger partial charge is 0.454 e. The Morgan fingerprint density at radius 2 is 2.06 bits per heavy atom. The molecule has 0 aromatic heterocycles. The van der Waals surface area contributed by atoms with Gasteiger partial charge in [-0.25, -0.2) is 4.79 Å². The minimum absolute atomic E-state index is 0.0537. The zero-order valence-electron chi connectivity index (χ0n) is 11.6. The van der Waals surface area contributed by atoms with Crippen molar-refractivity contribution < 1.29 is 14.3 Å². The first kappa shape index (κ1) is 13.3. The molecule has 18 heavy (non-hydrogen) atoms. The molecule has 4 atom stereocenters. The third-order valence-corrected chi connectivity index (χ3v) is 4.45. The number of Topliss-reactive ketones (excluding diaryl/α,β-unsaturated/α-hetero) is 1. The molecule has 3 heteroatoms. The van der Waals surface area contributed by atoms with Crippen LogP contribution in [0.15, 0.2) is 11.6 Å². The van der Waals surface area contributed by atoms with Crippen LogP contribution in [0.4, 0.5) is 0 Å². The van der Waals surface area contributed by atoms with E-state index in [0.717, 1.165) is 18.4 Å². The second kappa shape index (κ2) is 4.87. The van der Waals surface area contributed by atoms with Crippen LogP contribution < -0.4 is 0 Å². The number of hydrogen-bond donors (Lipinski definition) is 0. The van der Waals surface area contributed by atoms with Gasteiger partial charge in [-0.15, -0.1) is 0 Å². The summed E-state index contributed by atoms with van der Waals surface area (Å²) in [5, 5.41) is 0. The lowest BCUT2D eigenvalue weighted by Gasteiger charge is -2.29. The predicted octanol–water partition coefficient (Wildman–Crippen LogP) is 2.75. The average molecular weight is 250 g/mol. The molecule has 1 aliphatic heterocycles. The maximum Gasteiger partial charge on any atom is 0.331 e. The molecule has 0 bridgehead atoms. The molecule has 0 amide bonds. The molecule has 3 nitrogen and oxygen atoms in total. The summed E-state index contributed by atoms with van der Waals surface area (Å²) in [5.74, 6) is 0.944. The molecular weight excluding hydrogens is 228 g/mol. The molecule has 0 unspecified atom stereocenters. The third kappa shape index (κ3) is 2.23. The highest BCUT2D eigenvalue weighted by Crippen LogP contribution is 2.44. The number of carbonyl (C=O) groups is 2. The highest BCUT2D eigenvalue weighted by atomic mass is 16.5. The van der Waals surface area contributed by atoms with Crippen LogP contribution in [0.25, 0.3) is 0 Å². The van der Waals surface area contributed by atoms with Gasteiger partial charge in [0.05, 0.1) is 0 Å². The highest BCUT2D eigenvalue weighted by molar-refractivity contribution is 5.86. The summed E-state index contributed by atoms with van der Waals surface area (Å²) in [4.78, 5) is 23.3. The van der Waals surface area contributed by atoms with E-state index < -0.39 is 0 Å². The van der Waals surface area contributed by atoms with E-state index in [1.54, 1.807) is 13.0 Å². The van der Waals surface area contributed by atoms with Crippen LogP contribution in [0.2, 0.25) is 0 Å². The average Bonchev–Trinajstić information content (AvgIpc) is 2.81. The Balaban J connectivity index is 2.27. The van der Waals surface area contributed by atoms with E-state index in [1.807, 2.05) is 0 Å². The SMILES string of the molecule is CC(=O)[C@@H]1CC[C@@H](C)[C@H]1[C@H]1OC(=O)C=C1C(C)C. The van der Waals surface area contributed by atoms with Crippen molar-refractivity contribution >= 4 is 11.8 Å². The zero-order chi connectivity index (χ0) is 13.4. The van der Waals surface area contributed by atoms with E-state index in [4.69, 9.17) is 4.74 Å². The predicted molar refractivity (Wildman–Crippen MR) is 68.9 cm³/mol. The fourth-order valence-corrected chi connectivity index (χ4v) is 3.45. The van der Waals surface area contributed by atoms with Gasteiger partial charge in [-0.3, -0.25) is 4.79 Å². The lowest BCUT2D eigenvalue weighted by molar-refractivity contribution is -0.143. The topological polar surface area (TPSA) is 43.4 Å². The molecule has 2 rings (SSSR count). The summed E-state index contributed by atoms with van der Waals surface area (Å²) >= 11 is 0. The number of esters is 1. The maximum atomic E-state index is 11.8. The Morgan fingerprint density at radius 1 is 1.39 bits per heavy atom. The second-order valence-corrected chi connectivity index (χ2v) is 6.01. The van der Waals surface area contributed by atoms with E-state index in [9.17, 15) is 9.59 Å². The highest BCUT2D eigenvalue weighted by Gasteiger charge is 2.46. The normalized spacial score (nSPS) is 35.8. The first-order valence-electron chi connectivity index (χ1n) is 6.84. The van der Waals surface area contributed by atoms with Crippen LogP contribution in [0, 0.1) is 23.7 Å². The maximum absolute atomic E-state index is 11.8. The summed E-state index contributed by atoms with van der Waals surface area (Å²) in [6.07, 6.45) is 3.43. The summed E-state index contributed by atoms with van der Waals surface area (Å²) in [7, 11) is 0. The minimum atomic E-state index is -0.245. The number of ether oxygens (including phenoxy) is 1. The van der Waals surface area contributed by atoms with Crippen molar-refractivity contribution in [1.82, 2.24) is 0 Å². The van der Waals surface area contributed by atoms with Gasteiger partial charge in [0.2, 0.25) is 0 Å². The molecule has 1 heterocycles. The quantitative estimate of drug-likeness (QED) is 0.723. The number of rotatable bonds is 3. The Labute approximate surface area is 109 Å². The summed E-state index contributed by atoms with van der Waals surface area (Å²) in [6, 6.07) is 0. The molecular formula is C15H22O3. The number of cyclic esters (lactones) is 1. The Bertz CT molecular complexity index is 395. The first-order valence-corrected chi connectivity index (χ1v) is 6.84. The smallest absolute Gasteiger partial charge is 0.331 e. The van der Waals surface area contributed by atoms with Crippen molar-refractivity contribution in [2.24, 2.45) is 23.7 Å². The van der Waals surface area contributed by atoms with E-state index in [1.165, 1.54) is 0 Å². The molecule has 0 radical (unpaired) electrons. The number of ketones is 1. The van der Waals surface area contributed by atoms with E-state index in [0.29, 0.717) is 11.8 Å². The van der Waals surface area contributed by atoms with E-state index >= 15 is 0 Å². The molecule has 0 saturated heterocycles. The van der Waals surface area contributed by atoms with Crippen LogP contribution in [0.3, 0.4) is 0 Å². The van der Waals surface area contributed by atoms with Crippen LogP contribution in [-0.4, -0.2) is 17.9 Å². The van der Waals surface area contributed by atoms with Crippen LogP contribution >= 0.6 is 0 Å². The second-order valence-electron chi connectivity index (χ2n) is 6.01. The molecule has 0 aromatic carbocycles. The minimum Gasteiger partial charge on any atom is -0.454 e. The van der Waals surface area contributed by atoms with Crippen molar-refractivity contribution in [3.8, 4) is 0 Å². The van der Waals surface area contributed by atoms with Crippen molar-refractivity contribution in [3.05, 3.63) is 11.6 Å². The van der Waals surface area contributed by atoms with Gasteiger partial charge in [-0.2, -0.15) is 0 Å². The summed E-state index contributed by atoms with van der Waals surface area (Å²) < 4.78 is 5.49. The fourth-order valence-electron chi connectivity index (χ4n) is 3.45. The van der Waals surface area contributed by atoms with Crippen molar-refractivity contribution in [3.63, 3.8) is 0 Å². The van der Waals surface area contributed by atoms with Crippen molar-refractivity contribution in [2.75, 3.05) is 0 Å². The van der Waals surface area contributed by atoms with Gasteiger partial charge in [0.1, 0.15) is 11.9 Å². The molecule has 1 fully saturated rings. The van der Waals surface area contributed by atoms with Crippen LogP contribution in [0.1, 0.15) is 40.5 Å². The lowest BCUT2D eigenvalue weighted by Crippen LogP contribution is -2.34. The molecule has 2 aliphatic rings. The molecule has 100 valence electrons. The Morgan fingerprint density at radius 3 is 2.61 bits per heavy atom. The van der Waals surface area contributed by atoms with Gasteiger partial charge in [-0.1, -0.05) is 20.8 Å². The fraction of sp³-hybridized carbons (Fsp3) is 0.733. The molecule has 0 aromatic rings. The first-order chi connectivity index (χ1) is 8.41. The van der Waals surface area contributed by atoms with Gasteiger partial charge < -0.3 is 4.74 Å². The van der Waals surface area contributed by atoms with Gasteiger partial charge in [-0.05, 0) is 37.2 Å². The molecule has 0 N–H and O–H groups in total. The standard InChI is InChI=1S/C15H22O3/c1-8(2)12-7-13(17)18-15(12)14-9(3)5-6-11(14)10(4)16/h7-9,11,14-15H,5-6H2,1-4H3/t9-,11+,14-,15+/m1/s1. The van der Waals surface area contributed by atoms with Crippen LogP contribution in [0.5, 0.6) is 0 Å². The van der Waals surface area contributed by atoms with Crippen molar-refractivity contribution in [2.45, 2.75) is 46.6 Å². The monoisotopic (exact) mass is 250 g/mol. The molecule has 0 spiro atoms. The van der Waals surface area contributed by atoms with E-state index in [-0.39, 0.29) is 29.7 Å². The Hall–Kier alpha value is -1.12. The zero-order valence-corrected chi connectivity index (χ0v) is 11.6. The lowest BCUT2D eigenvalue weighted by atomic mass is 9.78. The number of hydrogen-bond acceptors (Lipinski definition) is 3. The Kier molecular flexibility index (Phi) is 3.60. The summed E-state index contributed by atoms with van der Waals surface area (Å²) in [5.41, 5.74) is 1.06. The van der Waals surface area contributed by atoms with Crippen molar-refractivity contribution in [1.29, 1.82) is 0 Å². The van der Waals surface area contributed by atoms with Gasteiger partial charge in [0.25, 0.3) is 0 Å². The van der Waals surface area contributed by atoms with Gasteiger partial charge >= 0.3 is 5.97 Å². The third-order valence-electron chi connectivity index (χ3n) is 4.45. The summed E-state index contributed by atoms with van der Waals surface area (Å²) in [6.45, 7) is 7.97. The van der Waals surface area contributed by atoms with Gasteiger partial charge in [0.15, 0.2) is 0 Å². The molecule has 1 aliphatic carbocycles.